The molecule has 94 valence electrons. The minimum Gasteiger partial charge on any atom is -0.393 e. The summed E-state index contributed by atoms with van der Waals surface area (Å²) in [6.07, 6.45) is -0.463. The van der Waals surface area contributed by atoms with Crippen LogP contribution in [0.25, 0.3) is 0 Å². The number of hydrogen-bond acceptors (Lipinski definition) is 3. The molecule has 0 aromatic heterocycles. The number of non-ortho nitro benzene ring substituents is 1. The predicted octanol–water partition coefficient (Wildman–Crippen LogP) is 3.02. The third-order valence-electron chi connectivity index (χ3n) is 3.06. The van der Waals surface area contributed by atoms with E-state index in [9.17, 15) is 15.2 Å². The van der Waals surface area contributed by atoms with E-state index in [0.717, 1.165) is 11.1 Å². The van der Waals surface area contributed by atoms with E-state index in [1.54, 1.807) is 19.1 Å². The monoisotopic (exact) mass is 237 g/mol. The smallest absolute Gasteiger partial charge is 0.269 e. The Labute approximate surface area is 101 Å². The molecule has 0 bridgehead atoms. The number of nitro benzene ring substituents is 1. The highest BCUT2D eigenvalue weighted by atomic mass is 16.6. The molecule has 0 aliphatic carbocycles. The molecule has 0 aliphatic heterocycles. The van der Waals surface area contributed by atoms with Gasteiger partial charge >= 0.3 is 0 Å². The summed E-state index contributed by atoms with van der Waals surface area (Å²) in [5, 5.41) is 20.5. The molecule has 2 atom stereocenters. The first-order valence-corrected chi connectivity index (χ1v) is 5.77. The van der Waals surface area contributed by atoms with Gasteiger partial charge in [-0.15, -0.1) is 0 Å². The fourth-order valence-electron chi connectivity index (χ4n) is 2.32. The zero-order valence-corrected chi connectivity index (χ0v) is 10.7. The van der Waals surface area contributed by atoms with Crippen LogP contribution < -0.4 is 0 Å². The lowest BCUT2D eigenvalue weighted by Gasteiger charge is -2.25. The molecule has 0 spiro atoms. The summed E-state index contributed by atoms with van der Waals surface area (Å²) in [6, 6.07) is 4.82. The molecule has 0 saturated heterocycles. The van der Waals surface area contributed by atoms with E-state index in [-0.39, 0.29) is 17.5 Å². The molecule has 4 nitrogen and oxygen atoms in total. The Hall–Kier alpha value is -1.42. The number of aliphatic hydroxyl groups is 1. The van der Waals surface area contributed by atoms with Gasteiger partial charge in [0.15, 0.2) is 0 Å². The van der Waals surface area contributed by atoms with Crippen LogP contribution >= 0.6 is 0 Å². The van der Waals surface area contributed by atoms with Crippen LogP contribution in [0.5, 0.6) is 0 Å². The molecular formula is C13H19NO3. The fourth-order valence-corrected chi connectivity index (χ4v) is 2.32. The molecule has 1 aromatic carbocycles. The standard InChI is InChI=1S/C13H19NO3/c1-8(2)13(10(4)15)12-6-5-11(14(16)17)7-9(12)3/h5-8,10,13,15H,1-4H3. The van der Waals surface area contributed by atoms with Crippen molar-refractivity contribution < 1.29 is 10.0 Å². The number of nitro groups is 1. The first-order valence-electron chi connectivity index (χ1n) is 5.77. The number of aliphatic hydroxyl groups excluding tert-OH is 1. The van der Waals surface area contributed by atoms with E-state index in [0.29, 0.717) is 0 Å². The lowest BCUT2D eigenvalue weighted by Crippen LogP contribution is -2.21. The Bertz CT molecular complexity index is 405. The second-order valence-electron chi connectivity index (χ2n) is 4.81. The maximum absolute atomic E-state index is 10.7. The van der Waals surface area contributed by atoms with Gasteiger partial charge in [0.2, 0.25) is 0 Å². The largest absolute Gasteiger partial charge is 0.393 e. The van der Waals surface area contributed by atoms with Crippen LogP contribution in [0.1, 0.15) is 37.8 Å². The lowest BCUT2D eigenvalue weighted by atomic mass is 9.82. The average molecular weight is 237 g/mol. The molecule has 0 fully saturated rings. The highest BCUT2D eigenvalue weighted by Crippen LogP contribution is 2.31. The summed E-state index contributed by atoms with van der Waals surface area (Å²) in [5.74, 6) is 0.297. The van der Waals surface area contributed by atoms with E-state index in [1.165, 1.54) is 6.07 Å². The fraction of sp³-hybridized carbons (Fsp3) is 0.538. The van der Waals surface area contributed by atoms with E-state index >= 15 is 0 Å². The van der Waals surface area contributed by atoms with Gasteiger partial charge in [-0.3, -0.25) is 10.1 Å². The summed E-state index contributed by atoms with van der Waals surface area (Å²) in [7, 11) is 0. The Morgan fingerprint density at radius 3 is 2.24 bits per heavy atom. The molecular weight excluding hydrogens is 218 g/mol. The molecule has 17 heavy (non-hydrogen) atoms. The van der Waals surface area contributed by atoms with Crippen LogP contribution in [0.3, 0.4) is 0 Å². The summed E-state index contributed by atoms with van der Waals surface area (Å²) in [6.45, 7) is 7.68. The molecule has 0 radical (unpaired) electrons. The first kappa shape index (κ1) is 13.6. The normalized spacial score (nSPS) is 14.7. The molecule has 2 unspecified atom stereocenters. The summed E-state index contributed by atoms with van der Waals surface area (Å²) >= 11 is 0. The second kappa shape index (κ2) is 5.27. The molecule has 1 N–H and O–H groups in total. The van der Waals surface area contributed by atoms with Gasteiger partial charge < -0.3 is 5.11 Å². The molecule has 1 aromatic rings. The Balaban J connectivity index is 3.18. The van der Waals surface area contributed by atoms with Crippen molar-refractivity contribution in [3.63, 3.8) is 0 Å². The van der Waals surface area contributed by atoms with Gasteiger partial charge in [-0.05, 0) is 30.9 Å². The molecule has 0 amide bonds. The minimum atomic E-state index is -0.463. The van der Waals surface area contributed by atoms with Crippen LogP contribution in [0.15, 0.2) is 18.2 Å². The van der Waals surface area contributed by atoms with E-state index < -0.39 is 11.0 Å². The zero-order valence-electron chi connectivity index (χ0n) is 10.7. The van der Waals surface area contributed by atoms with E-state index in [2.05, 4.69) is 0 Å². The number of aryl methyl sites for hydroxylation is 1. The number of hydrogen-bond donors (Lipinski definition) is 1. The SMILES string of the molecule is Cc1cc([N+](=O)[O-])ccc1C(C(C)C)C(C)O. The summed E-state index contributed by atoms with van der Waals surface area (Å²) in [4.78, 5) is 10.3. The summed E-state index contributed by atoms with van der Waals surface area (Å²) in [5.41, 5.74) is 1.94. The Morgan fingerprint density at radius 1 is 1.29 bits per heavy atom. The first-order chi connectivity index (χ1) is 7.84. The predicted molar refractivity (Wildman–Crippen MR) is 67.1 cm³/mol. The third kappa shape index (κ3) is 3.03. The number of rotatable bonds is 4. The van der Waals surface area contributed by atoms with Gasteiger partial charge in [0, 0.05) is 18.1 Å². The van der Waals surface area contributed by atoms with Crippen LogP contribution in [0.2, 0.25) is 0 Å². The van der Waals surface area contributed by atoms with Gasteiger partial charge in [0.1, 0.15) is 0 Å². The summed E-state index contributed by atoms with van der Waals surface area (Å²) < 4.78 is 0. The van der Waals surface area contributed by atoms with Crippen LogP contribution in [-0.4, -0.2) is 16.1 Å². The van der Waals surface area contributed by atoms with Crippen molar-refractivity contribution in [2.45, 2.75) is 39.7 Å². The van der Waals surface area contributed by atoms with Crippen molar-refractivity contribution in [2.75, 3.05) is 0 Å². The van der Waals surface area contributed by atoms with Gasteiger partial charge in [0.05, 0.1) is 11.0 Å². The number of nitrogens with zero attached hydrogens (tertiary/aromatic N) is 1. The van der Waals surface area contributed by atoms with Gasteiger partial charge in [-0.2, -0.15) is 0 Å². The van der Waals surface area contributed by atoms with Gasteiger partial charge in [-0.25, -0.2) is 0 Å². The van der Waals surface area contributed by atoms with E-state index in [4.69, 9.17) is 0 Å². The van der Waals surface area contributed by atoms with Crippen molar-refractivity contribution in [2.24, 2.45) is 5.92 Å². The number of benzene rings is 1. The molecule has 1 rings (SSSR count). The third-order valence-corrected chi connectivity index (χ3v) is 3.06. The molecule has 0 heterocycles. The van der Waals surface area contributed by atoms with Crippen molar-refractivity contribution in [1.82, 2.24) is 0 Å². The van der Waals surface area contributed by atoms with E-state index in [1.807, 2.05) is 20.8 Å². The van der Waals surface area contributed by atoms with Crippen molar-refractivity contribution in [3.8, 4) is 0 Å². The maximum atomic E-state index is 10.7. The van der Waals surface area contributed by atoms with Crippen molar-refractivity contribution >= 4 is 5.69 Å². The quantitative estimate of drug-likeness (QED) is 0.646. The van der Waals surface area contributed by atoms with Crippen molar-refractivity contribution in [1.29, 1.82) is 0 Å². The highest BCUT2D eigenvalue weighted by molar-refractivity contribution is 5.41. The van der Waals surface area contributed by atoms with Crippen LogP contribution in [0.4, 0.5) is 5.69 Å². The minimum absolute atomic E-state index is 0.0100. The average Bonchev–Trinajstić information content (AvgIpc) is 2.19. The van der Waals surface area contributed by atoms with Crippen LogP contribution in [-0.2, 0) is 0 Å². The second-order valence-corrected chi connectivity index (χ2v) is 4.81. The van der Waals surface area contributed by atoms with Crippen molar-refractivity contribution in [3.05, 3.63) is 39.4 Å². The Morgan fingerprint density at radius 2 is 1.88 bits per heavy atom. The maximum Gasteiger partial charge on any atom is 0.269 e. The highest BCUT2D eigenvalue weighted by Gasteiger charge is 2.23. The topological polar surface area (TPSA) is 63.4 Å². The van der Waals surface area contributed by atoms with Gasteiger partial charge in [-0.1, -0.05) is 19.9 Å². The molecule has 0 aliphatic rings. The molecule has 4 heteroatoms. The van der Waals surface area contributed by atoms with Gasteiger partial charge in [0.25, 0.3) is 5.69 Å². The molecule has 0 saturated carbocycles. The Kier molecular flexibility index (Phi) is 4.23. The lowest BCUT2D eigenvalue weighted by molar-refractivity contribution is -0.384. The zero-order chi connectivity index (χ0) is 13.2. The van der Waals surface area contributed by atoms with Crippen LogP contribution in [0, 0.1) is 23.0 Å².